The van der Waals surface area contributed by atoms with Crippen molar-refractivity contribution < 1.29 is 14.3 Å². The van der Waals surface area contributed by atoms with Crippen molar-refractivity contribution in [3.8, 4) is 17.2 Å². The third-order valence-corrected chi connectivity index (χ3v) is 4.69. The number of nitrogens with zero attached hydrogens (tertiary/aromatic N) is 2. The second-order valence-electron chi connectivity index (χ2n) is 6.89. The van der Waals surface area contributed by atoms with E-state index in [2.05, 4.69) is 15.2 Å². The van der Waals surface area contributed by atoms with Crippen molar-refractivity contribution in [3.05, 3.63) is 48.3 Å². The van der Waals surface area contributed by atoms with E-state index in [1.807, 2.05) is 24.3 Å². The number of hydrogen-bond donors (Lipinski definition) is 1. The van der Waals surface area contributed by atoms with E-state index in [1.54, 1.807) is 25.4 Å². The normalized spacial score (nSPS) is 21.1. The van der Waals surface area contributed by atoms with Crippen molar-refractivity contribution in [3.63, 3.8) is 0 Å². The first kappa shape index (κ1) is 16.8. The molecule has 1 aromatic heterocycles. The molecular weight excluding hydrogens is 330 g/mol. The molecule has 1 aliphatic heterocycles. The molecule has 0 radical (unpaired) electrons. The fraction of sp³-hybridized carbons (Fsp3) is 0.400. The van der Waals surface area contributed by atoms with Gasteiger partial charge in [-0.1, -0.05) is 6.07 Å². The van der Waals surface area contributed by atoms with Gasteiger partial charge in [-0.25, -0.2) is 0 Å². The van der Waals surface area contributed by atoms with E-state index in [9.17, 15) is 4.79 Å². The lowest BCUT2D eigenvalue weighted by atomic mass is 10.3. The van der Waals surface area contributed by atoms with E-state index in [1.165, 1.54) is 19.4 Å². The first-order valence-corrected chi connectivity index (χ1v) is 9.04. The molecule has 2 unspecified atom stereocenters. The highest BCUT2D eigenvalue weighted by molar-refractivity contribution is 5.92. The van der Waals surface area contributed by atoms with Crippen LogP contribution in [0.5, 0.6) is 17.2 Å². The Labute approximate surface area is 153 Å². The van der Waals surface area contributed by atoms with Gasteiger partial charge in [-0.2, -0.15) is 0 Å². The van der Waals surface area contributed by atoms with Gasteiger partial charge in [0.05, 0.1) is 6.04 Å². The van der Waals surface area contributed by atoms with Gasteiger partial charge in [0.2, 0.25) is 0 Å². The Hall–Kier alpha value is -2.60. The second kappa shape index (κ2) is 7.33. The van der Waals surface area contributed by atoms with Gasteiger partial charge < -0.3 is 14.8 Å². The van der Waals surface area contributed by atoms with Gasteiger partial charge in [-0.05, 0) is 37.0 Å². The molecule has 6 nitrogen and oxygen atoms in total. The largest absolute Gasteiger partial charge is 0.492 e. The van der Waals surface area contributed by atoms with Crippen LogP contribution in [-0.4, -0.2) is 48.6 Å². The third kappa shape index (κ3) is 4.32. The number of carbonyl (C=O) groups excluding carboxylic acids is 1. The Morgan fingerprint density at radius 2 is 2.04 bits per heavy atom. The summed E-state index contributed by atoms with van der Waals surface area (Å²) in [6.45, 7) is 3.09. The van der Waals surface area contributed by atoms with Crippen LogP contribution < -0.4 is 14.8 Å². The van der Waals surface area contributed by atoms with Crippen LogP contribution in [0.4, 0.5) is 0 Å². The SMILES string of the molecule is CNC(=O)c1cc(Oc2cccc(OCC3CN3CC3CC3)c2)ccn1. The van der Waals surface area contributed by atoms with Crippen molar-refractivity contribution in [2.75, 3.05) is 26.7 Å². The summed E-state index contributed by atoms with van der Waals surface area (Å²) in [6, 6.07) is 11.5. The molecule has 2 heterocycles. The zero-order chi connectivity index (χ0) is 17.9. The number of hydrogen-bond acceptors (Lipinski definition) is 5. The number of carbonyl (C=O) groups is 1. The van der Waals surface area contributed by atoms with E-state index in [0.717, 1.165) is 18.2 Å². The average Bonchev–Trinajstić information content (AvgIpc) is 3.59. The zero-order valence-corrected chi connectivity index (χ0v) is 14.9. The van der Waals surface area contributed by atoms with Crippen molar-refractivity contribution >= 4 is 5.91 Å². The lowest BCUT2D eigenvalue weighted by Gasteiger charge is -2.10. The molecule has 1 aliphatic carbocycles. The van der Waals surface area contributed by atoms with E-state index in [4.69, 9.17) is 9.47 Å². The minimum Gasteiger partial charge on any atom is -0.492 e. The minimum atomic E-state index is -0.243. The number of ether oxygens (including phenoxy) is 2. The summed E-state index contributed by atoms with van der Waals surface area (Å²) in [5.41, 5.74) is 0.321. The molecule has 2 aliphatic rings. The maximum atomic E-state index is 11.7. The summed E-state index contributed by atoms with van der Waals surface area (Å²) in [4.78, 5) is 18.2. The molecule has 4 rings (SSSR count). The molecule has 0 spiro atoms. The lowest BCUT2D eigenvalue weighted by molar-refractivity contribution is 0.0958. The summed E-state index contributed by atoms with van der Waals surface area (Å²) in [5.74, 6) is 2.71. The van der Waals surface area contributed by atoms with Gasteiger partial charge in [0, 0.05) is 38.5 Å². The lowest BCUT2D eigenvalue weighted by Crippen LogP contribution is -2.18. The Morgan fingerprint density at radius 1 is 1.23 bits per heavy atom. The first-order chi connectivity index (χ1) is 12.7. The molecule has 1 amide bonds. The molecule has 1 aromatic carbocycles. The van der Waals surface area contributed by atoms with Crippen molar-refractivity contribution in [1.29, 1.82) is 0 Å². The molecule has 2 atom stereocenters. The van der Waals surface area contributed by atoms with Crippen LogP contribution in [0.15, 0.2) is 42.6 Å². The van der Waals surface area contributed by atoms with Crippen LogP contribution in [0.1, 0.15) is 23.3 Å². The Bertz CT molecular complexity index is 791. The Balaban J connectivity index is 1.33. The highest BCUT2D eigenvalue weighted by Gasteiger charge is 2.38. The number of rotatable bonds is 8. The van der Waals surface area contributed by atoms with Crippen LogP contribution >= 0.6 is 0 Å². The summed E-state index contributed by atoms with van der Waals surface area (Å²) < 4.78 is 11.8. The van der Waals surface area contributed by atoms with Crippen LogP contribution in [0.2, 0.25) is 0 Å². The van der Waals surface area contributed by atoms with Gasteiger partial charge in [0.15, 0.2) is 0 Å². The number of aromatic nitrogens is 1. The van der Waals surface area contributed by atoms with Gasteiger partial charge >= 0.3 is 0 Å². The van der Waals surface area contributed by atoms with Crippen LogP contribution in [0.25, 0.3) is 0 Å². The third-order valence-electron chi connectivity index (χ3n) is 4.69. The molecule has 2 aromatic rings. The van der Waals surface area contributed by atoms with Crippen molar-refractivity contribution in [1.82, 2.24) is 15.2 Å². The van der Waals surface area contributed by atoms with Crippen LogP contribution in [0, 0.1) is 5.92 Å². The fourth-order valence-corrected chi connectivity index (χ4v) is 2.92. The molecule has 2 fully saturated rings. The summed E-state index contributed by atoms with van der Waals surface area (Å²) in [7, 11) is 1.57. The summed E-state index contributed by atoms with van der Waals surface area (Å²) in [5, 5.41) is 2.55. The number of benzene rings is 1. The maximum Gasteiger partial charge on any atom is 0.269 e. The van der Waals surface area contributed by atoms with Crippen LogP contribution in [-0.2, 0) is 0 Å². The highest BCUT2D eigenvalue weighted by Crippen LogP contribution is 2.34. The molecule has 1 saturated heterocycles. The predicted molar refractivity (Wildman–Crippen MR) is 97.7 cm³/mol. The smallest absolute Gasteiger partial charge is 0.269 e. The Kier molecular flexibility index (Phi) is 4.75. The number of nitrogens with one attached hydrogen (secondary N) is 1. The fourth-order valence-electron chi connectivity index (χ4n) is 2.92. The van der Waals surface area contributed by atoms with Gasteiger partial charge in [-0.15, -0.1) is 0 Å². The minimum absolute atomic E-state index is 0.243. The van der Waals surface area contributed by atoms with Crippen molar-refractivity contribution in [2.45, 2.75) is 18.9 Å². The second-order valence-corrected chi connectivity index (χ2v) is 6.89. The summed E-state index contributed by atoms with van der Waals surface area (Å²) >= 11 is 0. The topological polar surface area (TPSA) is 63.5 Å². The van der Waals surface area contributed by atoms with Gasteiger partial charge in [-0.3, -0.25) is 14.7 Å². The summed E-state index contributed by atoms with van der Waals surface area (Å²) in [6.07, 6.45) is 4.34. The predicted octanol–water partition coefficient (Wildman–Crippen LogP) is 2.71. The molecule has 136 valence electrons. The molecule has 0 bridgehead atoms. The van der Waals surface area contributed by atoms with Crippen molar-refractivity contribution in [2.24, 2.45) is 5.92 Å². The Morgan fingerprint density at radius 3 is 2.85 bits per heavy atom. The zero-order valence-electron chi connectivity index (χ0n) is 14.9. The molecule has 26 heavy (non-hydrogen) atoms. The van der Waals surface area contributed by atoms with E-state index in [-0.39, 0.29) is 5.91 Å². The molecule has 6 heteroatoms. The number of pyridine rings is 1. The van der Waals surface area contributed by atoms with E-state index < -0.39 is 0 Å². The van der Waals surface area contributed by atoms with Gasteiger partial charge in [0.25, 0.3) is 5.91 Å². The van der Waals surface area contributed by atoms with E-state index in [0.29, 0.717) is 29.8 Å². The monoisotopic (exact) mass is 353 g/mol. The number of amides is 1. The highest BCUT2D eigenvalue weighted by atomic mass is 16.5. The first-order valence-electron chi connectivity index (χ1n) is 9.04. The molecule has 1 N–H and O–H groups in total. The average molecular weight is 353 g/mol. The van der Waals surface area contributed by atoms with Gasteiger partial charge in [0.1, 0.15) is 29.5 Å². The quantitative estimate of drug-likeness (QED) is 0.740. The maximum absolute atomic E-state index is 11.7. The molecule has 1 saturated carbocycles. The molecular formula is C20H23N3O3. The standard InChI is InChI=1S/C20H23N3O3/c1-21-20(24)19-10-18(7-8-22-19)26-17-4-2-3-16(9-17)25-13-15-12-23(15)11-14-5-6-14/h2-4,7-10,14-15H,5-6,11-13H2,1H3,(H,21,24). The van der Waals surface area contributed by atoms with E-state index >= 15 is 0 Å². The van der Waals surface area contributed by atoms with Crippen LogP contribution in [0.3, 0.4) is 0 Å².